The zero-order valence-electron chi connectivity index (χ0n) is 9.51. The molecule has 3 aromatic rings. The Morgan fingerprint density at radius 1 is 1.05 bits per heavy atom. The van der Waals surface area contributed by atoms with Crippen molar-refractivity contribution in [1.29, 1.82) is 0 Å². The highest BCUT2D eigenvalue weighted by molar-refractivity contribution is 6.31. The fourth-order valence-corrected chi connectivity index (χ4v) is 2.13. The Balaban J connectivity index is 2.46. The lowest BCUT2D eigenvalue weighted by Crippen LogP contribution is -2.03. The fraction of sp³-hybridized carbons (Fsp3) is 0. The van der Waals surface area contributed by atoms with Crippen molar-refractivity contribution < 1.29 is 14.3 Å². The molecule has 1 aromatic heterocycles. The number of hydrogen-bond acceptors (Lipinski definition) is 3. The van der Waals surface area contributed by atoms with Crippen LogP contribution in [0.4, 0.5) is 0 Å². The smallest absolute Gasteiger partial charge is 0.335 e. The third kappa shape index (κ3) is 1.86. The van der Waals surface area contributed by atoms with E-state index >= 15 is 0 Å². The molecule has 0 radical (unpaired) electrons. The number of carbonyl (C=O) groups is 1. The number of fused-ring (bicyclic) bond motifs is 2. The van der Waals surface area contributed by atoms with Crippen LogP contribution in [0.15, 0.2) is 45.6 Å². The lowest BCUT2D eigenvalue weighted by Gasteiger charge is -2.02. The molecule has 0 aliphatic heterocycles. The molecule has 1 heterocycles. The molecular formula is C14H7ClO4. The van der Waals surface area contributed by atoms with Gasteiger partial charge < -0.3 is 9.52 Å². The molecule has 0 aliphatic carbocycles. The van der Waals surface area contributed by atoms with Crippen LogP contribution in [0.1, 0.15) is 10.4 Å². The Morgan fingerprint density at radius 3 is 2.58 bits per heavy atom. The summed E-state index contributed by atoms with van der Waals surface area (Å²) < 4.78 is 5.55. The molecule has 2 aromatic carbocycles. The lowest BCUT2D eigenvalue weighted by atomic mass is 10.1. The molecule has 4 nitrogen and oxygen atoms in total. The van der Waals surface area contributed by atoms with Gasteiger partial charge in [0.05, 0.1) is 16.3 Å². The van der Waals surface area contributed by atoms with Crippen LogP contribution < -0.4 is 5.43 Å². The molecule has 5 heteroatoms. The van der Waals surface area contributed by atoms with E-state index in [1.807, 2.05) is 0 Å². The molecule has 0 spiro atoms. The second-order valence-corrected chi connectivity index (χ2v) is 4.52. The third-order valence-electron chi connectivity index (χ3n) is 2.88. The number of rotatable bonds is 1. The van der Waals surface area contributed by atoms with Gasteiger partial charge in [-0.05, 0) is 36.4 Å². The van der Waals surface area contributed by atoms with Crippen LogP contribution in [-0.4, -0.2) is 11.1 Å². The van der Waals surface area contributed by atoms with Crippen molar-refractivity contribution in [2.45, 2.75) is 0 Å². The fourth-order valence-electron chi connectivity index (χ4n) is 1.96. The summed E-state index contributed by atoms with van der Waals surface area (Å²) in [5.41, 5.74) is 0.476. The highest BCUT2D eigenvalue weighted by Crippen LogP contribution is 2.22. The molecular weight excluding hydrogens is 268 g/mol. The third-order valence-corrected chi connectivity index (χ3v) is 3.11. The number of carboxylic acids is 1. The summed E-state index contributed by atoms with van der Waals surface area (Å²) in [5, 5.41) is 10.1. The van der Waals surface area contributed by atoms with E-state index < -0.39 is 5.97 Å². The van der Waals surface area contributed by atoms with E-state index in [4.69, 9.17) is 21.1 Å². The number of halogens is 1. The molecule has 3 rings (SSSR count). The van der Waals surface area contributed by atoms with Gasteiger partial charge in [0, 0.05) is 5.02 Å². The van der Waals surface area contributed by atoms with Crippen molar-refractivity contribution in [3.05, 3.63) is 57.2 Å². The monoisotopic (exact) mass is 274 g/mol. The van der Waals surface area contributed by atoms with Crippen molar-refractivity contribution in [3.8, 4) is 0 Å². The van der Waals surface area contributed by atoms with E-state index in [0.717, 1.165) is 0 Å². The Kier molecular flexibility index (Phi) is 2.54. The van der Waals surface area contributed by atoms with E-state index in [9.17, 15) is 9.59 Å². The van der Waals surface area contributed by atoms with Gasteiger partial charge in [0.25, 0.3) is 0 Å². The minimum absolute atomic E-state index is 0.0731. The molecule has 0 saturated carbocycles. The minimum atomic E-state index is -1.07. The summed E-state index contributed by atoms with van der Waals surface area (Å²) >= 11 is 5.85. The standard InChI is InChI=1S/C14H7ClO4/c15-8-2-4-11-10(6-8)13(16)9-3-1-7(14(17)18)5-12(9)19-11/h1-6H,(H,17,18). The zero-order valence-corrected chi connectivity index (χ0v) is 10.3. The van der Waals surface area contributed by atoms with E-state index in [1.54, 1.807) is 12.1 Å². The van der Waals surface area contributed by atoms with E-state index in [-0.39, 0.29) is 16.6 Å². The molecule has 0 atom stereocenters. The summed E-state index contributed by atoms with van der Waals surface area (Å²) in [6.07, 6.45) is 0. The normalized spacial score (nSPS) is 11.0. The van der Waals surface area contributed by atoms with Crippen LogP contribution in [-0.2, 0) is 0 Å². The summed E-state index contributed by atoms with van der Waals surface area (Å²) in [6, 6.07) is 8.90. The van der Waals surface area contributed by atoms with E-state index in [0.29, 0.717) is 21.4 Å². The largest absolute Gasteiger partial charge is 0.478 e. The highest BCUT2D eigenvalue weighted by Gasteiger charge is 2.11. The average Bonchev–Trinajstić information content (AvgIpc) is 2.39. The van der Waals surface area contributed by atoms with Gasteiger partial charge in [0.15, 0.2) is 0 Å². The SMILES string of the molecule is O=C(O)c1ccc2c(=O)c3cc(Cl)ccc3oc2c1. The number of carboxylic acid groups (broad SMARTS) is 1. The van der Waals surface area contributed by atoms with Crippen molar-refractivity contribution >= 4 is 39.5 Å². The minimum Gasteiger partial charge on any atom is -0.478 e. The van der Waals surface area contributed by atoms with Crippen LogP contribution in [0.2, 0.25) is 5.02 Å². The first-order chi connectivity index (χ1) is 9.06. The van der Waals surface area contributed by atoms with Gasteiger partial charge in [-0.25, -0.2) is 4.79 Å². The van der Waals surface area contributed by atoms with E-state index in [1.165, 1.54) is 24.3 Å². The zero-order chi connectivity index (χ0) is 13.6. The molecule has 1 N–H and O–H groups in total. The molecule has 0 aliphatic rings. The summed E-state index contributed by atoms with van der Waals surface area (Å²) in [7, 11) is 0. The second-order valence-electron chi connectivity index (χ2n) is 4.09. The van der Waals surface area contributed by atoms with Gasteiger partial charge in [-0.1, -0.05) is 11.6 Å². The van der Waals surface area contributed by atoms with Gasteiger partial charge in [-0.3, -0.25) is 4.79 Å². The van der Waals surface area contributed by atoms with E-state index in [2.05, 4.69) is 0 Å². The molecule has 0 fully saturated rings. The highest BCUT2D eigenvalue weighted by atomic mass is 35.5. The van der Waals surface area contributed by atoms with Gasteiger partial charge in [-0.2, -0.15) is 0 Å². The van der Waals surface area contributed by atoms with Gasteiger partial charge in [0.2, 0.25) is 5.43 Å². The summed E-state index contributed by atoms with van der Waals surface area (Å²) in [6.45, 7) is 0. The first-order valence-electron chi connectivity index (χ1n) is 5.46. The molecule has 0 saturated heterocycles. The first kappa shape index (κ1) is 11.7. The Bertz CT molecular complexity index is 880. The van der Waals surface area contributed by atoms with Crippen molar-refractivity contribution in [2.75, 3.05) is 0 Å². The van der Waals surface area contributed by atoms with Crippen molar-refractivity contribution in [1.82, 2.24) is 0 Å². The maximum Gasteiger partial charge on any atom is 0.335 e. The summed E-state index contributed by atoms with van der Waals surface area (Å²) in [4.78, 5) is 23.2. The molecule has 0 amide bonds. The van der Waals surface area contributed by atoms with Crippen LogP contribution in [0.5, 0.6) is 0 Å². The summed E-state index contributed by atoms with van der Waals surface area (Å²) in [5.74, 6) is -1.07. The maximum atomic E-state index is 12.3. The first-order valence-corrected chi connectivity index (χ1v) is 5.83. The predicted molar refractivity (Wildman–Crippen MR) is 72.0 cm³/mol. The lowest BCUT2D eigenvalue weighted by molar-refractivity contribution is 0.0697. The van der Waals surface area contributed by atoms with Crippen molar-refractivity contribution in [2.24, 2.45) is 0 Å². The Hall–Kier alpha value is -2.33. The Morgan fingerprint density at radius 2 is 1.84 bits per heavy atom. The van der Waals surface area contributed by atoms with Crippen LogP contribution >= 0.6 is 11.6 Å². The molecule has 0 bridgehead atoms. The Labute approximate surface area is 111 Å². The molecule has 0 unspecified atom stereocenters. The van der Waals surface area contributed by atoms with Gasteiger partial charge in [0.1, 0.15) is 11.2 Å². The average molecular weight is 275 g/mol. The molecule has 94 valence electrons. The topological polar surface area (TPSA) is 67.5 Å². The van der Waals surface area contributed by atoms with Crippen LogP contribution in [0.3, 0.4) is 0 Å². The van der Waals surface area contributed by atoms with Crippen molar-refractivity contribution in [3.63, 3.8) is 0 Å². The molecule has 19 heavy (non-hydrogen) atoms. The quantitative estimate of drug-likeness (QED) is 0.691. The number of hydrogen-bond donors (Lipinski definition) is 1. The predicted octanol–water partition coefficient (Wildman–Crippen LogP) is 3.30. The number of benzene rings is 2. The van der Waals surface area contributed by atoms with Gasteiger partial charge >= 0.3 is 5.97 Å². The van der Waals surface area contributed by atoms with Crippen LogP contribution in [0, 0.1) is 0 Å². The second kappa shape index (κ2) is 4.10. The van der Waals surface area contributed by atoms with Crippen LogP contribution in [0.25, 0.3) is 21.9 Å². The van der Waals surface area contributed by atoms with Gasteiger partial charge in [-0.15, -0.1) is 0 Å². The maximum absolute atomic E-state index is 12.3. The number of aromatic carboxylic acids is 1.